The molecular weight excluding hydrogens is 396 g/mol. The third-order valence-corrected chi connectivity index (χ3v) is 10.4. The Hall–Kier alpha value is -1.68. The normalized spacial score (nSPS) is 43.2. The van der Waals surface area contributed by atoms with Crippen molar-refractivity contribution in [1.29, 1.82) is 0 Å². The second kappa shape index (κ2) is 7.41. The number of nitrogens with zero attached hydrogens (tertiary/aromatic N) is 2. The molecule has 0 aromatic carbocycles. The zero-order chi connectivity index (χ0) is 22.1. The third kappa shape index (κ3) is 2.97. The molecule has 0 bridgehead atoms. The van der Waals surface area contributed by atoms with Gasteiger partial charge in [-0.25, -0.2) is 0 Å². The van der Waals surface area contributed by atoms with Gasteiger partial charge in [0.15, 0.2) is 5.78 Å². The lowest BCUT2D eigenvalue weighted by Gasteiger charge is -2.56. The molecule has 1 heterocycles. The molecule has 32 heavy (non-hydrogen) atoms. The molecule has 1 aromatic rings. The van der Waals surface area contributed by atoms with E-state index in [1.165, 1.54) is 31.3 Å². The number of Topliss-reactive ketones (excluding diaryl/α,β-unsaturated/α-hetero) is 1. The predicted octanol–water partition coefficient (Wildman–Crippen LogP) is 5.88. The van der Waals surface area contributed by atoms with Gasteiger partial charge in [-0.05, 0) is 98.7 Å². The van der Waals surface area contributed by atoms with Crippen molar-refractivity contribution >= 4 is 11.9 Å². The summed E-state index contributed by atoms with van der Waals surface area (Å²) in [6.45, 7) is 4.72. The molecule has 6 atom stereocenters. The number of carbonyl (C=O) groups is 1. The first-order valence-corrected chi connectivity index (χ1v) is 13.1. The smallest absolute Gasteiger partial charge is 0.165 e. The Morgan fingerprint density at radius 1 is 1.06 bits per heavy atom. The number of fused-ring (bicyclic) bond motifs is 5. The van der Waals surface area contributed by atoms with Crippen LogP contribution in [0.3, 0.4) is 0 Å². The van der Waals surface area contributed by atoms with Crippen LogP contribution in [-0.4, -0.2) is 26.8 Å². The Morgan fingerprint density at radius 3 is 2.66 bits per heavy atom. The fourth-order valence-corrected chi connectivity index (χ4v) is 8.51. The molecule has 0 saturated heterocycles. The van der Waals surface area contributed by atoms with Gasteiger partial charge in [0.1, 0.15) is 0 Å². The maximum atomic E-state index is 13.8. The average Bonchev–Trinajstić information content (AvgIpc) is 3.50. The van der Waals surface area contributed by atoms with Crippen LogP contribution in [0.4, 0.5) is 0 Å². The molecule has 1 N–H and O–H groups in total. The van der Waals surface area contributed by atoms with Gasteiger partial charge in [0, 0.05) is 11.6 Å². The molecule has 4 saturated carbocycles. The fraction of sp³-hybridized carbons (Fsp3) is 0.714. The van der Waals surface area contributed by atoms with Crippen LogP contribution in [0.2, 0.25) is 0 Å². The van der Waals surface area contributed by atoms with Crippen LogP contribution < -0.4 is 0 Å². The summed E-state index contributed by atoms with van der Waals surface area (Å²) in [7, 11) is 0. The van der Waals surface area contributed by atoms with Gasteiger partial charge in [-0.3, -0.25) is 9.48 Å². The van der Waals surface area contributed by atoms with Crippen LogP contribution in [-0.2, 0) is 4.79 Å². The Labute approximate surface area is 192 Å². The minimum atomic E-state index is -0.207. The van der Waals surface area contributed by atoms with Crippen LogP contribution in [0.1, 0.15) is 96.2 Å². The zero-order valence-corrected chi connectivity index (χ0v) is 19.7. The minimum absolute atomic E-state index is 0.160. The number of rotatable bonds is 2. The summed E-state index contributed by atoms with van der Waals surface area (Å²) in [5.41, 5.74) is 3.68. The minimum Gasteiger partial charge on any atom is -0.393 e. The number of hydrogen-bond acceptors (Lipinski definition) is 3. The van der Waals surface area contributed by atoms with Crippen molar-refractivity contribution in [3.63, 3.8) is 0 Å². The highest BCUT2D eigenvalue weighted by atomic mass is 16.3. The highest BCUT2D eigenvalue weighted by molar-refractivity contribution is 6.05. The summed E-state index contributed by atoms with van der Waals surface area (Å²) in [5.74, 6) is 2.10. The molecule has 4 nitrogen and oxygen atoms in total. The number of allylic oxidation sites excluding steroid dienone is 2. The van der Waals surface area contributed by atoms with Crippen molar-refractivity contribution in [3.8, 4) is 0 Å². The number of ketones is 1. The summed E-state index contributed by atoms with van der Waals surface area (Å²) in [6.07, 6.45) is 18.4. The van der Waals surface area contributed by atoms with Gasteiger partial charge >= 0.3 is 0 Å². The van der Waals surface area contributed by atoms with Crippen LogP contribution in [0.15, 0.2) is 29.5 Å². The summed E-state index contributed by atoms with van der Waals surface area (Å²) >= 11 is 0. The quantitative estimate of drug-likeness (QED) is 0.467. The number of aromatic nitrogens is 2. The van der Waals surface area contributed by atoms with Crippen molar-refractivity contribution in [2.75, 3.05) is 0 Å². The Kier molecular flexibility index (Phi) is 4.84. The predicted molar refractivity (Wildman–Crippen MR) is 126 cm³/mol. The highest BCUT2D eigenvalue weighted by Gasteiger charge is 2.59. The van der Waals surface area contributed by atoms with Crippen molar-refractivity contribution in [1.82, 2.24) is 9.78 Å². The van der Waals surface area contributed by atoms with Gasteiger partial charge in [-0.15, -0.1) is 0 Å². The average molecular weight is 435 g/mol. The van der Waals surface area contributed by atoms with E-state index in [4.69, 9.17) is 0 Å². The first-order valence-electron chi connectivity index (χ1n) is 13.1. The molecule has 1 aromatic heterocycles. The summed E-state index contributed by atoms with van der Waals surface area (Å²) in [4.78, 5) is 13.8. The summed E-state index contributed by atoms with van der Waals surface area (Å²) < 4.78 is 2.18. The van der Waals surface area contributed by atoms with Gasteiger partial charge in [0.25, 0.3) is 0 Å². The van der Waals surface area contributed by atoms with Crippen LogP contribution in [0, 0.1) is 28.6 Å². The number of aliphatic hydroxyl groups is 1. The molecule has 5 aliphatic rings. The SMILES string of the molecule is C[C@]12CC[C@@H](O)CC1=CC[C@H]1[C@H]2CC[C@]2(C)C(=O)/C(=C/c3ccnn3C3CCCC3)C[C@H]12. The number of aliphatic hydroxyl groups excluding tert-OH is 1. The fourth-order valence-electron chi connectivity index (χ4n) is 8.51. The van der Waals surface area contributed by atoms with E-state index in [-0.39, 0.29) is 16.9 Å². The van der Waals surface area contributed by atoms with Crippen molar-refractivity contribution in [3.05, 3.63) is 35.2 Å². The Bertz CT molecular complexity index is 983. The number of hydrogen-bond donors (Lipinski definition) is 1. The van der Waals surface area contributed by atoms with E-state index in [2.05, 4.69) is 41.8 Å². The first kappa shape index (κ1) is 20.9. The van der Waals surface area contributed by atoms with Crippen LogP contribution in [0.25, 0.3) is 6.08 Å². The van der Waals surface area contributed by atoms with Gasteiger partial charge in [0.2, 0.25) is 0 Å². The van der Waals surface area contributed by atoms with Gasteiger partial charge in [0.05, 0.1) is 17.8 Å². The summed E-state index contributed by atoms with van der Waals surface area (Å²) in [5, 5.41) is 14.9. The number of carbonyl (C=O) groups excluding carboxylic acids is 1. The van der Waals surface area contributed by atoms with E-state index < -0.39 is 0 Å². The molecule has 0 amide bonds. The lowest BCUT2D eigenvalue weighted by atomic mass is 9.48. The van der Waals surface area contributed by atoms with Crippen LogP contribution in [0.5, 0.6) is 0 Å². The largest absolute Gasteiger partial charge is 0.393 e. The molecular formula is C28H38N2O2. The first-order chi connectivity index (χ1) is 15.4. The van der Waals surface area contributed by atoms with Crippen LogP contribution >= 0.6 is 0 Å². The maximum absolute atomic E-state index is 13.8. The maximum Gasteiger partial charge on any atom is 0.165 e. The second-order valence-electron chi connectivity index (χ2n) is 12.0. The lowest BCUT2D eigenvalue weighted by Crippen LogP contribution is -2.50. The van der Waals surface area contributed by atoms with E-state index in [1.807, 2.05) is 6.20 Å². The van der Waals surface area contributed by atoms with Crippen molar-refractivity contribution < 1.29 is 9.90 Å². The topological polar surface area (TPSA) is 55.1 Å². The third-order valence-electron chi connectivity index (χ3n) is 10.4. The van der Waals surface area contributed by atoms with Crippen molar-refractivity contribution in [2.24, 2.45) is 28.6 Å². The molecule has 4 heteroatoms. The molecule has 5 aliphatic carbocycles. The summed E-state index contributed by atoms with van der Waals surface area (Å²) in [6, 6.07) is 2.59. The zero-order valence-electron chi connectivity index (χ0n) is 19.7. The standard InChI is InChI=1S/C28H38N2O2/c1-27-12-9-22(31)17-19(27)7-8-23-24(27)10-13-28(2)25(23)16-18(26(28)32)15-21-11-14-29-30(21)20-5-3-4-6-20/h7,11,14-15,20,22-25,31H,3-6,8-10,12-13,16-17H2,1-2H3/b18-15+/t22-,23+,24-,25-,27+,28+/m1/s1. The lowest BCUT2D eigenvalue weighted by molar-refractivity contribution is -0.130. The molecule has 0 aliphatic heterocycles. The highest BCUT2D eigenvalue weighted by Crippen LogP contribution is 2.64. The van der Waals surface area contributed by atoms with E-state index >= 15 is 0 Å². The molecule has 0 radical (unpaired) electrons. The van der Waals surface area contributed by atoms with Gasteiger partial charge in [-0.2, -0.15) is 5.10 Å². The van der Waals surface area contributed by atoms with Crippen molar-refractivity contribution in [2.45, 2.75) is 96.6 Å². The van der Waals surface area contributed by atoms with E-state index in [9.17, 15) is 9.90 Å². The second-order valence-corrected chi connectivity index (χ2v) is 12.0. The Balaban J connectivity index is 1.31. The van der Waals surface area contributed by atoms with Gasteiger partial charge in [-0.1, -0.05) is 38.3 Å². The van der Waals surface area contributed by atoms with E-state index in [0.717, 1.165) is 56.2 Å². The monoisotopic (exact) mass is 434 g/mol. The van der Waals surface area contributed by atoms with Gasteiger partial charge < -0.3 is 5.11 Å². The Morgan fingerprint density at radius 2 is 1.84 bits per heavy atom. The molecule has 172 valence electrons. The molecule has 0 spiro atoms. The molecule has 0 unspecified atom stereocenters. The van der Waals surface area contributed by atoms with E-state index in [0.29, 0.717) is 29.6 Å². The molecule has 4 fully saturated rings. The molecule has 6 rings (SSSR count). The van der Waals surface area contributed by atoms with E-state index in [1.54, 1.807) is 0 Å².